The van der Waals surface area contributed by atoms with Crippen LogP contribution >= 0.6 is 0 Å². The van der Waals surface area contributed by atoms with Gasteiger partial charge in [0.2, 0.25) is 5.91 Å². The van der Waals surface area contributed by atoms with Gasteiger partial charge in [0, 0.05) is 13.7 Å². The van der Waals surface area contributed by atoms with E-state index in [9.17, 15) is 9.59 Å². The minimum Gasteiger partial charge on any atom is -0.481 e. The summed E-state index contributed by atoms with van der Waals surface area (Å²) in [7, 11) is 1.42. The third-order valence-electron chi connectivity index (χ3n) is 1.93. The molecule has 15 heavy (non-hydrogen) atoms. The van der Waals surface area contributed by atoms with E-state index in [1.165, 1.54) is 7.11 Å². The summed E-state index contributed by atoms with van der Waals surface area (Å²) in [5.41, 5.74) is 0. The Labute approximate surface area is 89.8 Å². The Morgan fingerprint density at radius 2 is 2.00 bits per heavy atom. The lowest BCUT2D eigenvalue weighted by Gasteiger charge is -2.15. The predicted molar refractivity (Wildman–Crippen MR) is 55.5 cm³/mol. The maximum absolute atomic E-state index is 11.0. The zero-order chi connectivity index (χ0) is 11.8. The lowest BCUT2D eigenvalue weighted by molar-refractivity contribution is -0.142. The molecule has 0 aliphatic carbocycles. The Kier molecular flexibility index (Phi) is 6.70. The first kappa shape index (κ1) is 13.9. The molecule has 0 radical (unpaired) electrons. The number of nitrogens with one attached hydrogen (secondary N) is 1. The van der Waals surface area contributed by atoms with Gasteiger partial charge in [0.05, 0.1) is 5.92 Å². The van der Waals surface area contributed by atoms with Crippen molar-refractivity contribution < 1.29 is 19.4 Å². The van der Waals surface area contributed by atoms with Gasteiger partial charge in [-0.1, -0.05) is 13.8 Å². The van der Waals surface area contributed by atoms with E-state index < -0.39 is 11.9 Å². The van der Waals surface area contributed by atoms with E-state index in [4.69, 9.17) is 5.11 Å². The largest absolute Gasteiger partial charge is 0.481 e. The van der Waals surface area contributed by atoms with Crippen LogP contribution in [0.1, 0.15) is 20.3 Å². The molecule has 5 heteroatoms. The van der Waals surface area contributed by atoms with Gasteiger partial charge in [-0.25, -0.2) is 0 Å². The van der Waals surface area contributed by atoms with Crippen molar-refractivity contribution in [2.24, 2.45) is 11.8 Å². The fourth-order valence-electron chi connectivity index (χ4n) is 1.26. The van der Waals surface area contributed by atoms with Crippen LogP contribution in [0.2, 0.25) is 0 Å². The number of carbonyl (C=O) groups excluding carboxylic acids is 1. The maximum Gasteiger partial charge on any atom is 0.308 e. The molecule has 0 aromatic rings. The van der Waals surface area contributed by atoms with Crippen LogP contribution in [0.15, 0.2) is 0 Å². The van der Waals surface area contributed by atoms with Gasteiger partial charge in [-0.3, -0.25) is 9.59 Å². The molecule has 0 aromatic heterocycles. The molecule has 2 N–H and O–H groups in total. The topological polar surface area (TPSA) is 75.6 Å². The number of rotatable bonds is 7. The number of hydrogen-bond acceptors (Lipinski definition) is 3. The molecule has 1 unspecified atom stereocenters. The highest BCUT2D eigenvalue weighted by atomic mass is 16.5. The maximum atomic E-state index is 11.0. The third-order valence-corrected chi connectivity index (χ3v) is 1.93. The van der Waals surface area contributed by atoms with E-state index in [1.807, 2.05) is 13.8 Å². The van der Waals surface area contributed by atoms with E-state index in [1.54, 1.807) is 0 Å². The van der Waals surface area contributed by atoms with Gasteiger partial charge in [-0.2, -0.15) is 0 Å². The van der Waals surface area contributed by atoms with E-state index in [2.05, 4.69) is 10.1 Å². The highest BCUT2D eigenvalue weighted by molar-refractivity contribution is 5.78. The number of methoxy groups -OCH3 is 1. The predicted octanol–water partition coefficient (Wildman–Crippen LogP) is 0.496. The highest BCUT2D eigenvalue weighted by Gasteiger charge is 2.19. The molecule has 0 saturated carbocycles. The summed E-state index contributed by atoms with van der Waals surface area (Å²) < 4.78 is 4.62. The number of hydrogen-bond donors (Lipinski definition) is 2. The molecular formula is C10H19NO4. The number of amides is 1. The summed E-state index contributed by atoms with van der Waals surface area (Å²) in [6, 6.07) is 0. The molecule has 0 fully saturated rings. The average molecular weight is 217 g/mol. The lowest BCUT2D eigenvalue weighted by atomic mass is 9.97. The molecule has 0 aliphatic rings. The first-order valence-corrected chi connectivity index (χ1v) is 4.95. The van der Waals surface area contributed by atoms with Crippen LogP contribution in [0, 0.1) is 11.8 Å². The lowest BCUT2D eigenvalue weighted by Crippen LogP contribution is -2.35. The van der Waals surface area contributed by atoms with Crippen molar-refractivity contribution >= 4 is 11.9 Å². The number of carboxylic acid groups (broad SMARTS) is 1. The molecule has 1 atom stereocenters. The van der Waals surface area contributed by atoms with Gasteiger partial charge in [-0.15, -0.1) is 0 Å². The molecule has 0 rings (SSSR count). The molecule has 0 saturated heterocycles. The van der Waals surface area contributed by atoms with E-state index in [0.717, 1.165) is 0 Å². The summed E-state index contributed by atoms with van der Waals surface area (Å²) in [5, 5.41) is 11.4. The van der Waals surface area contributed by atoms with Gasteiger partial charge >= 0.3 is 5.97 Å². The van der Waals surface area contributed by atoms with E-state index in [-0.39, 0.29) is 19.1 Å². The minimum absolute atomic E-state index is 0.0337. The Hall–Kier alpha value is -1.10. The van der Waals surface area contributed by atoms with Gasteiger partial charge in [0.1, 0.15) is 6.61 Å². The molecule has 0 bridgehead atoms. The van der Waals surface area contributed by atoms with Crippen molar-refractivity contribution in [1.29, 1.82) is 0 Å². The summed E-state index contributed by atoms with van der Waals surface area (Å²) in [4.78, 5) is 21.8. The molecular weight excluding hydrogens is 198 g/mol. The van der Waals surface area contributed by atoms with E-state index in [0.29, 0.717) is 12.3 Å². The normalized spacial score (nSPS) is 12.5. The number of carbonyl (C=O) groups is 2. The molecule has 0 spiro atoms. The Morgan fingerprint density at radius 3 is 2.40 bits per heavy atom. The number of carboxylic acids is 1. The Morgan fingerprint density at radius 1 is 1.40 bits per heavy atom. The van der Waals surface area contributed by atoms with Crippen LogP contribution < -0.4 is 5.32 Å². The molecule has 0 aliphatic heterocycles. The van der Waals surface area contributed by atoms with Gasteiger partial charge in [0.15, 0.2) is 0 Å². The second kappa shape index (κ2) is 7.23. The first-order valence-electron chi connectivity index (χ1n) is 4.95. The number of ether oxygens (including phenoxy) is 1. The third kappa shape index (κ3) is 6.90. The van der Waals surface area contributed by atoms with Crippen LogP contribution in [-0.2, 0) is 14.3 Å². The first-order chi connectivity index (χ1) is 6.97. The van der Waals surface area contributed by atoms with Crippen molar-refractivity contribution in [1.82, 2.24) is 5.32 Å². The summed E-state index contributed by atoms with van der Waals surface area (Å²) in [6.07, 6.45) is 0.558. The molecule has 0 aromatic carbocycles. The SMILES string of the molecule is COCC(=O)NCC(CC(C)C)C(=O)O. The smallest absolute Gasteiger partial charge is 0.308 e. The highest BCUT2D eigenvalue weighted by Crippen LogP contribution is 2.10. The summed E-state index contributed by atoms with van der Waals surface area (Å²) >= 11 is 0. The Bertz CT molecular complexity index is 215. The summed E-state index contributed by atoms with van der Waals surface area (Å²) in [5.74, 6) is -1.38. The van der Waals surface area contributed by atoms with Crippen molar-refractivity contribution in [2.45, 2.75) is 20.3 Å². The molecule has 0 heterocycles. The fraction of sp³-hybridized carbons (Fsp3) is 0.800. The molecule has 88 valence electrons. The van der Waals surface area contributed by atoms with Gasteiger partial charge in [-0.05, 0) is 12.3 Å². The number of aliphatic carboxylic acids is 1. The second-order valence-electron chi connectivity index (χ2n) is 3.90. The van der Waals surface area contributed by atoms with Crippen molar-refractivity contribution in [2.75, 3.05) is 20.3 Å². The van der Waals surface area contributed by atoms with Crippen LogP contribution in [0.25, 0.3) is 0 Å². The summed E-state index contributed by atoms with van der Waals surface area (Å²) in [6.45, 7) is 4.03. The van der Waals surface area contributed by atoms with Gasteiger partial charge in [0.25, 0.3) is 0 Å². The zero-order valence-electron chi connectivity index (χ0n) is 9.45. The van der Waals surface area contributed by atoms with Crippen LogP contribution in [0.5, 0.6) is 0 Å². The average Bonchev–Trinajstić information content (AvgIpc) is 2.11. The van der Waals surface area contributed by atoms with Crippen molar-refractivity contribution in [3.8, 4) is 0 Å². The Balaban J connectivity index is 3.96. The van der Waals surface area contributed by atoms with Crippen LogP contribution in [0.3, 0.4) is 0 Å². The van der Waals surface area contributed by atoms with Crippen molar-refractivity contribution in [3.63, 3.8) is 0 Å². The minimum atomic E-state index is -0.874. The quantitative estimate of drug-likeness (QED) is 0.651. The monoisotopic (exact) mass is 217 g/mol. The fourth-order valence-corrected chi connectivity index (χ4v) is 1.26. The standard InChI is InChI=1S/C10H19NO4/c1-7(2)4-8(10(13)14)5-11-9(12)6-15-3/h7-8H,4-6H2,1-3H3,(H,11,12)(H,13,14). The molecule has 5 nitrogen and oxygen atoms in total. The second-order valence-corrected chi connectivity index (χ2v) is 3.90. The molecule has 1 amide bonds. The zero-order valence-corrected chi connectivity index (χ0v) is 9.45. The van der Waals surface area contributed by atoms with Crippen LogP contribution in [-0.4, -0.2) is 37.2 Å². The van der Waals surface area contributed by atoms with Gasteiger partial charge < -0.3 is 15.2 Å². The van der Waals surface area contributed by atoms with Crippen molar-refractivity contribution in [3.05, 3.63) is 0 Å². The van der Waals surface area contributed by atoms with Crippen LogP contribution in [0.4, 0.5) is 0 Å². The van der Waals surface area contributed by atoms with E-state index >= 15 is 0 Å².